The quantitative estimate of drug-likeness (QED) is 0.560. The molecule has 0 amide bonds. The van der Waals surface area contributed by atoms with E-state index in [1.54, 1.807) is 7.11 Å². The van der Waals surface area contributed by atoms with E-state index in [-0.39, 0.29) is 0 Å². The Labute approximate surface area is 83.1 Å². The first-order chi connectivity index (χ1) is 6.31. The van der Waals surface area contributed by atoms with E-state index < -0.39 is 0 Å². The van der Waals surface area contributed by atoms with Gasteiger partial charge in [0.25, 0.3) is 0 Å². The van der Waals surface area contributed by atoms with Gasteiger partial charge in [-0.05, 0) is 31.8 Å². The van der Waals surface area contributed by atoms with Crippen LogP contribution in [-0.4, -0.2) is 26.8 Å². The lowest BCUT2D eigenvalue weighted by Crippen LogP contribution is -2.16. The average molecular weight is 187 g/mol. The summed E-state index contributed by atoms with van der Waals surface area (Å²) >= 11 is 0. The highest BCUT2D eigenvalue weighted by atomic mass is 16.5. The lowest BCUT2D eigenvalue weighted by molar-refractivity contribution is 0.190. The summed E-state index contributed by atoms with van der Waals surface area (Å²) in [6.45, 7) is 7.67. The fourth-order valence-electron chi connectivity index (χ4n) is 1.41. The molecule has 0 radical (unpaired) electrons. The minimum Gasteiger partial charge on any atom is -0.385 e. The Hall–Kier alpha value is -0.0800. The van der Waals surface area contributed by atoms with Crippen molar-refractivity contribution in [1.29, 1.82) is 0 Å². The van der Waals surface area contributed by atoms with Gasteiger partial charge in [-0.3, -0.25) is 0 Å². The molecule has 0 saturated heterocycles. The number of hydrogen-bond acceptors (Lipinski definition) is 2. The molecule has 1 unspecified atom stereocenters. The van der Waals surface area contributed by atoms with Gasteiger partial charge in [0.15, 0.2) is 0 Å². The van der Waals surface area contributed by atoms with Gasteiger partial charge in [0.2, 0.25) is 0 Å². The van der Waals surface area contributed by atoms with Gasteiger partial charge in [0.1, 0.15) is 0 Å². The minimum absolute atomic E-state index is 0.857. The van der Waals surface area contributed by atoms with E-state index >= 15 is 0 Å². The van der Waals surface area contributed by atoms with Crippen LogP contribution >= 0.6 is 0 Å². The van der Waals surface area contributed by atoms with Gasteiger partial charge in [-0.15, -0.1) is 0 Å². The van der Waals surface area contributed by atoms with Crippen molar-refractivity contribution in [3.63, 3.8) is 0 Å². The second-order valence-corrected chi connectivity index (χ2v) is 3.74. The molecule has 0 bridgehead atoms. The molecule has 0 heterocycles. The number of rotatable bonds is 9. The molecule has 0 aliphatic rings. The molecule has 0 aliphatic heterocycles. The minimum atomic E-state index is 0.857. The maximum Gasteiger partial charge on any atom is 0.0462 e. The molecule has 0 aliphatic carbocycles. The lowest BCUT2D eigenvalue weighted by Gasteiger charge is -2.10. The standard InChI is InChI=1S/C11H25NO/c1-4-12-9-8-11(2)7-5-6-10-13-3/h11-12H,4-10H2,1-3H3. The Kier molecular flexibility index (Phi) is 9.94. The van der Waals surface area contributed by atoms with Crippen LogP contribution in [0.15, 0.2) is 0 Å². The molecule has 0 aromatic carbocycles. The van der Waals surface area contributed by atoms with Gasteiger partial charge >= 0.3 is 0 Å². The SMILES string of the molecule is CCNCCC(C)CCCCOC. The van der Waals surface area contributed by atoms with Crippen LogP contribution in [0, 0.1) is 5.92 Å². The highest BCUT2D eigenvalue weighted by Crippen LogP contribution is 2.10. The summed E-state index contributed by atoms with van der Waals surface area (Å²) in [5.41, 5.74) is 0. The summed E-state index contributed by atoms with van der Waals surface area (Å²) in [6.07, 6.45) is 5.17. The fraction of sp³-hybridized carbons (Fsp3) is 1.00. The predicted octanol–water partition coefficient (Wildman–Crippen LogP) is 2.44. The summed E-state index contributed by atoms with van der Waals surface area (Å²) in [5, 5.41) is 3.36. The largest absolute Gasteiger partial charge is 0.385 e. The van der Waals surface area contributed by atoms with Gasteiger partial charge in [-0.25, -0.2) is 0 Å². The normalized spacial score (nSPS) is 13.2. The zero-order valence-electron chi connectivity index (χ0n) is 9.44. The highest BCUT2D eigenvalue weighted by Gasteiger charge is 2.00. The molecule has 1 N–H and O–H groups in total. The number of nitrogens with one attached hydrogen (secondary N) is 1. The first-order valence-electron chi connectivity index (χ1n) is 5.50. The van der Waals surface area contributed by atoms with Crippen LogP contribution in [-0.2, 0) is 4.74 Å². The lowest BCUT2D eigenvalue weighted by atomic mass is 10.0. The number of methoxy groups -OCH3 is 1. The monoisotopic (exact) mass is 187 g/mol. The average Bonchev–Trinajstić information content (AvgIpc) is 2.13. The number of unbranched alkanes of at least 4 members (excludes halogenated alkanes) is 1. The molecule has 2 nitrogen and oxygen atoms in total. The van der Waals surface area contributed by atoms with E-state index in [0.717, 1.165) is 19.1 Å². The van der Waals surface area contributed by atoms with Crippen molar-refractivity contribution >= 4 is 0 Å². The maximum absolute atomic E-state index is 5.01. The van der Waals surface area contributed by atoms with Crippen LogP contribution in [0.2, 0.25) is 0 Å². The van der Waals surface area contributed by atoms with Crippen molar-refractivity contribution in [2.24, 2.45) is 5.92 Å². The molecule has 0 saturated carbocycles. The maximum atomic E-state index is 5.01. The molecule has 0 spiro atoms. The molecule has 1 atom stereocenters. The van der Waals surface area contributed by atoms with Crippen molar-refractivity contribution in [3.8, 4) is 0 Å². The molecule has 0 aromatic rings. The Balaban J connectivity index is 3.05. The topological polar surface area (TPSA) is 21.3 Å². The summed E-state index contributed by atoms with van der Waals surface area (Å²) in [7, 11) is 1.77. The summed E-state index contributed by atoms with van der Waals surface area (Å²) in [6, 6.07) is 0. The summed E-state index contributed by atoms with van der Waals surface area (Å²) in [5.74, 6) is 0.857. The van der Waals surface area contributed by atoms with Gasteiger partial charge < -0.3 is 10.1 Å². The molecular formula is C11H25NO. The Morgan fingerprint density at radius 2 is 2.00 bits per heavy atom. The van der Waals surface area contributed by atoms with E-state index in [1.165, 1.54) is 32.2 Å². The van der Waals surface area contributed by atoms with E-state index in [0.29, 0.717) is 0 Å². The van der Waals surface area contributed by atoms with Crippen molar-refractivity contribution in [1.82, 2.24) is 5.32 Å². The van der Waals surface area contributed by atoms with E-state index in [4.69, 9.17) is 4.74 Å². The third kappa shape index (κ3) is 9.84. The first-order valence-corrected chi connectivity index (χ1v) is 5.50. The first kappa shape index (κ1) is 12.9. The van der Waals surface area contributed by atoms with Crippen LogP contribution in [0.1, 0.15) is 39.5 Å². The van der Waals surface area contributed by atoms with Crippen LogP contribution in [0.25, 0.3) is 0 Å². The van der Waals surface area contributed by atoms with Crippen LogP contribution < -0.4 is 5.32 Å². The molecule has 0 rings (SSSR count). The fourth-order valence-corrected chi connectivity index (χ4v) is 1.41. The van der Waals surface area contributed by atoms with Crippen molar-refractivity contribution < 1.29 is 4.74 Å². The van der Waals surface area contributed by atoms with E-state index in [1.807, 2.05) is 0 Å². The molecule has 0 fully saturated rings. The molecule has 2 heteroatoms. The highest BCUT2D eigenvalue weighted by molar-refractivity contribution is 4.55. The molecule has 80 valence electrons. The van der Waals surface area contributed by atoms with Gasteiger partial charge in [0.05, 0.1) is 0 Å². The second kappa shape index (κ2) is 10.0. The zero-order chi connectivity index (χ0) is 9.94. The van der Waals surface area contributed by atoms with Gasteiger partial charge in [-0.2, -0.15) is 0 Å². The summed E-state index contributed by atoms with van der Waals surface area (Å²) < 4.78 is 5.01. The van der Waals surface area contributed by atoms with Crippen molar-refractivity contribution in [2.45, 2.75) is 39.5 Å². The van der Waals surface area contributed by atoms with Crippen LogP contribution in [0.3, 0.4) is 0 Å². The van der Waals surface area contributed by atoms with E-state index in [9.17, 15) is 0 Å². The zero-order valence-corrected chi connectivity index (χ0v) is 9.44. The second-order valence-electron chi connectivity index (χ2n) is 3.74. The Bertz CT molecular complexity index is 96.1. The van der Waals surface area contributed by atoms with Gasteiger partial charge in [0, 0.05) is 13.7 Å². The van der Waals surface area contributed by atoms with Crippen LogP contribution in [0.4, 0.5) is 0 Å². The van der Waals surface area contributed by atoms with Crippen molar-refractivity contribution in [3.05, 3.63) is 0 Å². The Morgan fingerprint density at radius 3 is 2.62 bits per heavy atom. The van der Waals surface area contributed by atoms with Gasteiger partial charge in [-0.1, -0.05) is 26.7 Å². The van der Waals surface area contributed by atoms with E-state index in [2.05, 4.69) is 19.2 Å². The Morgan fingerprint density at radius 1 is 1.23 bits per heavy atom. The third-order valence-corrected chi connectivity index (χ3v) is 2.36. The van der Waals surface area contributed by atoms with Crippen LogP contribution in [0.5, 0.6) is 0 Å². The van der Waals surface area contributed by atoms with Crippen molar-refractivity contribution in [2.75, 3.05) is 26.8 Å². The molecular weight excluding hydrogens is 162 g/mol. The molecule has 0 aromatic heterocycles. The third-order valence-electron chi connectivity index (χ3n) is 2.36. The number of hydrogen-bond donors (Lipinski definition) is 1. The predicted molar refractivity (Wildman–Crippen MR) is 58.1 cm³/mol. The number of ether oxygens (including phenoxy) is 1. The summed E-state index contributed by atoms with van der Waals surface area (Å²) in [4.78, 5) is 0. The smallest absolute Gasteiger partial charge is 0.0462 e. The molecule has 13 heavy (non-hydrogen) atoms.